The van der Waals surface area contributed by atoms with Gasteiger partial charge in [0.15, 0.2) is 5.78 Å². The van der Waals surface area contributed by atoms with Gasteiger partial charge in [-0.15, -0.1) is 0 Å². The summed E-state index contributed by atoms with van der Waals surface area (Å²) < 4.78 is 9.47. The highest BCUT2D eigenvalue weighted by Gasteiger charge is 2.29. The number of ether oxygens (including phenoxy) is 2. The highest BCUT2D eigenvalue weighted by Crippen LogP contribution is 2.20. The number of methoxy groups -OCH3 is 1. The van der Waals surface area contributed by atoms with Gasteiger partial charge in [-0.3, -0.25) is 14.4 Å². The maximum atomic E-state index is 12.3. The number of carbonyl (C=O) groups is 3. The van der Waals surface area contributed by atoms with Gasteiger partial charge in [0.25, 0.3) is 0 Å². The fraction of sp³-hybridized carbons (Fsp3) is 0.267. The Morgan fingerprint density at radius 1 is 1.10 bits per heavy atom. The Labute approximate surface area is 117 Å². The first-order valence-electron chi connectivity index (χ1n) is 5.92. The van der Waals surface area contributed by atoms with E-state index in [2.05, 4.69) is 11.3 Å². The van der Waals surface area contributed by atoms with E-state index in [1.807, 2.05) is 0 Å². The number of rotatable bonds is 5. The van der Waals surface area contributed by atoms with Crippen molar-refractivity contribution in [3.8, 4) is 5.75 Å². The molecule has 0 aromatic heterocycles. The number of benzene rings is 1. The predicted octanol–water partition coefficient (Wildman–Crippen LogP) is 2.16. The van der Waals surface area contributed by atoms with Crippen LogP contribution in [0.3, 0.4) is 0 Å². The molecule has 1 aromatic rings. The van der Waals surface area contributed by atoms with Crippen molar-refractivity contribution in [3.63, 3.8) is 0 Å². The van der Waals surface area contributed by atoms with Gasteiger partial charge in [-0.05, 0) is 31.2 Å². The van der Waals surface area contributed by atoms with Crippen LogP contribution in [0.5, 0.6) is 5.75 Å². The second-order valence-corrected chi connectivity index (χ2v) is 4.28. The number of carbonyl (C=O) groups excluding carboxylic acids is 3. The molecule has 0 amide bonds. The summed E-state index contributed by atoms with van der Waals surface area (Å²) in [6.07, 6.45) is 0. The lowest BCUT2D eigenvalue weighted by Crippen LogP contribution is -2.26. The Bertz CT molecular complexity index is 542. The predicted molar refractivity (Wildman–Crippen MR) is 72.4 cm³/mol. The van der Waals surface area contributed by atoms with Crippen LogP contribution in [0.15, 0.2) is 36.4 Å². The molecule has 1 unspecified atom stereocenters. The average molecular weight is 276 g/mol. The molecule has 0 spiro atoms. The fourth-order valence-corrected chi connectivity index (χ4v) is 1.67. The minimum absolute atomic E-state index is 0.319. The molecule has 106 valence electrons. The molecule has 0 N–H and O–H groups in total. The number of hydrogen-bond donors (Lipinski definition) is 0. The quantitative estimate of drug-likeness (QED) is 0.271. The van der Waals surface area contributed by atoms with E-state index in [4.69, 9.17) is 4.74 Å². The summed E-state index contributed by atoms with van der Waals surface area (Å²) in [5.74, 6) is -2.19. The Balaban J connectivity index is 2.98. The second kappa shape index (κ2) is 6.65. The standard InChI is InChI=1S/C15H16O5/c1-9(2)13(15(18)19-4)14(17)11-5-7-12(8-6-11)20-10(3)16/h5-8,13H,1H2,2-4H3. The lowest BCUT2D eigenvalue weighted by atomic mass is 9.92. The monoisotopic (exact) mass is 276 g/mol. The van der Waals surface area contributed by atoms with Gasteiger partial charge in [0.05, 0.1) is 7.11 Å². The SMILES string of the molecule is C=C(C)C(C(=O)OC)C(=O)c1ccc(OC(C)=O)cc1. The third kappa shape index (κ3) is 3.78. The Morgan fingerprint density at radius 2 is 1.65 bits per heavy atom. The van der Waals surface area contributed by atoms with Crippen molar-refractivity contribution < 1.29 is 23.9 Å². The minimum Gasteiger partial charge on any atom is -0.468 e. The molecule has 5 nitrogen and oxygen atoms in total. The van der Waals surface area contributed by atoms with E-state index in [0.717, 1.165) is 0 Å². The zero-order valence-corrected chi connectivity index (χ0v) is 11.6. The van der Waals surface area contributed by atoms with E-state index < -0.39 is 23.6 Å². The van der Waals surface area contributed by atoms with Crippen LogP contribution in [0.4, 0.5) is 0 Å². The summed E-state index contributed by atoms with van der Waals surface area (Å²) in [5, 5.41) is 0. The van der Waals surface area contributed by atoms with Gasteiger partial charge in [0.2, 0.25) is 0 Å². The fourth-order valence-electron chi connectivity index (χ4n) is 1.67. The van der Waals surface area contributed by atoms with Crippen LogP contribution in [0.25, 0.3) is 0 Å². The zero-order valence-electron chi connectivity index (χ0n) is 11.6. The number of hydrogen-bond acceptors (Lipinski definition) is 5. The maximum Gasteiger partial charge on any atom is 0.320 e. The average Bonchev–Trinajstić information content (AvgIpc) is 2.38. The van der Waals surface area contributed by atoms with Crippen LogP contribution in [-0.2, 0) is 14.3 Å². The Kier molecular flexibility index (Phi) is 5.20. The van der Waals surface area contributed by atoms with Gasteiger partial charge in [0.1, 0.15) is 11.7 Å². The molecule has 0 radical (unpaired) electrons. The molecule has 0 aliphatic carbocycles. The van der Waals surface area contributed by atoms with Crippen LogP contribution in [0.1, 0.15) is 24.2 Å². The van der Waals surface area contributed by atoms with Gasteiger partial charge in [-0.1, -0.05) is 12.2 Å². The van der Waals surface area contributed by atoms with E-state index in [-0.39, 0.29) is 0 Å². The lowest BCUT2D eigenvalue weighted by Gasteiger charge is -2.13. The van der Waals surface area contributed by atoms with E-state index >= 15 is 0 Å². The van der Waals surface area contributed by atoms with Crippen LogP contribution in [-0.4, -0.2) is 24.8 Å². The smallest absolute Gasteiger partial charge is 0.320 e. The molecule has 0 bridgehead atoms. The minimum atomic E-state index is -1.03. The summed E-state index contributed by atoms with van der Waals surface area (Å²) in [7, 11) is 1.22. The summed E-state index contributed by atoms with van der Waals surface area (Å²) in [5.41, 5.74) is 0.727. The molecule has 0 saturated carbocycles. The zero-order chi connectivity index (χ0) is 15.3. The lowest BCUT2D eigenvalue weighted by molar-refractivity contribution is -0.142. The molecule has 5 heteroatoms. The van der Waals surface area contributed by atoms with Crippen molar-refractivity contribution >= 4 is 17.7 Å². The van der Waals surface area contributed by atoms with Gasteiger partial charge in [-0.2, -0.15) is 0 Å². The molecule has 1 atom stereocenters. The van der Waals surface area contributed by atoms with Gasteiger partial charge in [-0.25, -0.2) is 0 Å². The van der Waals surface area contributed by atoms with Crippen molar-refractivity contribution in [3.05, 3.63) is 42.0 Å². The van der Waals surface area contributed by atoms with Crippen molar-refractivity contribution in [2.24, 2.45) is 5.92 Å². The van der Waals surface area contributed by atoms with Crippen LogP contribution in [0, 0.1) is 5.92 Å². The first-order chi connectivity index (χ1) is 9.36. The first-order valence-corrected chi connectivity index (χ1v) is 5.92. The molecule has 0 fully saturated rings. The van der Waals surface area contributed by atoms with Crippen molar-refractivity contribution in [2.75, 3.05) is 7.11 Å². The van der Waals surface area contributed by atoms with Gasteiger partial charge < -0.3 is 9.47 Å². The highest BCUT2D eigenvalue weighted by atomic mass is 16.5. The van der Waals surface area contributed by atoms with Gasteiger partial charge >= 0.3 is 11.9 Å². The largest absolute Gasteiger partial charge is 0.468 e. The van der Waals surface area contributed by atoms with Crippen LogP contribution >= 0.6 is 0 Å². The molecule has 0 saturated heterocycles. The number of ketones is 1. The summed E-state index contributed by atoms with van der Waals surface area (Å²) in [6.45, 7) is 6.51. The number of Topliss-reactive ketones (excluding diaryl/α,β-unsaturated/α-hetero) is 1. The first kappa shape index (κ1) is 15.6. The van der Waals surface area contributed by atoms with Crippen LogP contribution < -0.4 is 4.74 Å². The van der Waals surface area contributed by atoms with Crippen molar-refractivity contribution in [2.45, 2.75) is 13.8 Å². The van der Waals surface area contributed by atoms with Crippen LogP contribution in [0.2, 0.25) is 0 Å². The van der Waals surface area contributed by atoms with Crippen molar-refractivity contribution in [1.29, 1.82) is 0 Å². The molecule has 1 aromatic carbocycles. The molecule has 1 rings (SSSR count). The maximum absolute atomic E-state index is 12.3. The molecule has 0 heterocycles. The third-order valence-electron chi connectivity index (χ3n) is 2.59. The normalized spacial score (nSPS) is 11.3. The van der Waals surface area contributed by atoms with E-state index in [0.29, 0.717) is 16.9 Å². The molecule has 0 aliphatic heterocycles. The highest BCUT2D eigenvalue weighted by molar-refractivity contribution is 6.10. The van der Waals surface area contributed by atoms with Crippen molar-refractivity contribution in [1.82, 2.24) is 0 Å². The molecule has 20 heavy (non-hydrogen) atoms. The third-order valence-corrected chi connectivity index (χ3v) is 2.59. The second-order valence-electron chi connectivity index (χ2n) is 4.28. The molecular weight excluding hydrogens is 260 g/mol. The molecule has 0 aliphatic rings. The summed E-state index contributed by atoms with van der Waals surface area (Å²) in [4.78, 5) is 34.7. The summed E-state index contributed by atoms with van der Waals surface area (Å²) >= 11 is 0. The Hall–Kier alpha value is -2.43. The molecular formula is C15H16O5. The number of esters is 2. The topological polar surface area (TPSA) is 69.7 Å². The van der Waals surface area contributed by atoms with Gasteiger partial charge in [0, 0.05) is 12.5 Å². The van der Waals surface area contributed by atoms with E-state index in [1.54, 1.807) is 6.92 Å². The van der Waals surface area contributed by atoms with E-state index in [1.165, 1.54) is 38.3 Å². The Morgan fingerprint density at radius 3 is 2.05 bits per heavy atom. The van der Waals surface area contributed by atoms with E-state index in [9.17, 15) is 14.4 Å². The summed E-state index contributed by atoms with van der Waals surface area (Å²) in [6, 6.07) is 5.95.